The second-order valence-electron chi connectivity index (χ2n) is 5.05. The van der Waals surface area contributed by atoms with E-state index >= 15 is 0 Å². The zero-order valence-electron chi connectivity index (χ0n) is 12.2. The van der Waals surface area contributed by atoms with Gasteiger partial charge in [-0.2, -0.15) is 5.10 Å². The van der Waals surface area contributed by atoms with Crippen molar-refractivity contribution < 1.29 is 9.53 Å². The summed E-state index contributed by atoms with van der Waals surface area (Å²) in [4.78, 5) is 11.9. The molecule has 1 aromatic carbocycles. The zero-order chi connectivity index (χ0) is 15.4. The summed E-state index contributed by atoms with van der Waals surface area (Å²) < 4.78 is 8.45. The number of nitrogens with zero attached hydrogens (tertiary/aromatic N) is 2. The van der Waals surface area contributed by atoms with Crippen LogP contribution >= 0.6 is 22.6 Å². The van der Waals surface area contributed by atoms with Crippen LogP contribution in [0.5, 0.6) is 11.5 Å². The van der Waals surface area contributed by atoms with Crippen LogP contribution in [0.2, 0.25) is 0 Å². The predicted octanol–water partition coefficient (Wildman–Crippen LogP) is 3.37. The fourth-order valence-corrected chi connectivity index (χ4v) is 2.11. The van der Waals surface area contributed by atoms with Crippen LogP contribution in [-0.2, 0) is 4.79 Å². The number of hydrogen-bond donors (Lipinski definition) is 1. The van der Waals surface area contributed by atoms with Crippen molar-refractivity contribution in [2.75, 3.05) is 0 Å². The van der Waals surface area contributed by atoms with Gasteiger partial charge in [-0.3, -0.25) is 9.48 Å². The number of nitrogens with one attached hydrogen (secondary N) is 1. The Morgan fingerprint density at radius 1 is 1.24 bits per heavy atom. The molecule has 0 bridgehead atoms. The predicted molar refractivity (Wildman–Crippen MR) is 89.4 cm³/mol. The molecule has 1 aromatic heterocycles. The van der Waals surface area contributed by atoms with Gasteiger partial charge in [0.1, 0.15) is 11.8 Å². The number of halogens is 1. The fraction of sp³-hybridized carbons (Fsp3) is 0.333. The van der Waals surface area contributed by atoms with Gasteiger partial charge in [-0.15, -0.1) is 0 Å². The molecular formula is C15H18IN3O2. The average Bonchev–Trinajstić information content (AvgIpc) is 2.88. The normalized spacial score (nSPS) is 12.2. The van der Waals surface area contributed by atoms with E-state index < -0.39 is 0 Å². The van der Waals surface area contributed by atoms with E-state index in [1.165, 1.54) is 0 Å². The fourth-order valence-electron chi connectivity index (χ4n) is 1.75. The Bertz CT molecular complexity index is 608. The van der Waals surface area contributed by atoms with Gasteiger partial charge in [-0.1, -0.05) is 0 Å². The number of benzene rings is 1. The van der Waals surface area contributed by atoms with Crippen molar-refractivity contribution in [3.05, 3.63) is 40.2 Å². The van der Waals surface area contributed by atoms with E-state index in [1.807, 2.05) is 38.1 Å². The summed E-state index contributed by atoms with van der Waals surface area (Å²) in [5.74, 6) is 1.29. The van der Waals surface area contributed by atoms with Gasteiger partial charge in [-0.05, 0) is 67.6 Å². The molecule has 1 atom stereocenters. The highest BCUT2D eigenvalue weighted by Gasteiger charge is 2.16. The monoisotopic (exact) mass is 399 g/mol. The van der Waals surface area contributed by atoms with Crippen LogP contribution in [0.3, 0.4) is 0 Å². The molecule has 21 heavy (non-hydrogen) atoms. The third-order valence-electron chi connectivity index (χ3n) is 2.83. The van der Waals surface area contributed by atoms with E-state index in [4.69, 9.17) is 4.74 Å². The Morgan fingerprint density at radius 3 is 2.52 bits per heavy atom. The van der Waals surface area contributed by atoms with Crippen molar-refractivity contribution in [3.8, 4) is 11.5 Å². The van der Waals surface area contributed by atoms with Crippen molar-refractivity contribution in [3.63, 3.8) is 0 Å². The summed E-state index contributed by atoms with van der Waals surface area (Å²) in [5.41, 5.74) is 0. The maximum Gasteiger partial charge on any atom is 0.244 e. The molecule has 0 aliphatic carbocycles. The smallest absolute Gasteiger partial charge is 0.244 e. The van der Waals surface area contributed by atoms with Crippen LogP contribution in [0.4, 0.5) is 0 Å². The number of ether oxygens (including phenoxy) is 1. The van der Waals surface area contributed by atoms with Crippen molar-refractivity contribution in [1.82, 2.24) is 15.1 Å². The third kappa shape index (κ3) is 4.45. The molecule has 1 N–H and O–H groups in total. The Labute approximate surface area is 137 Å². The van der Waals surface area contributed by atoms with Crippen LogP contribution < -0.4 is 10.1 Å². The summed E-state index contributed by atoms with van der Waals surface area (Å²) >= 11 is 2.24. The second kappa shape index (κ2) is 6.93. The molecule has 1 unspecified atom stereocenters. The van der Waals surface area contributed by atoms with E-state index in [2.05, 4.69) is 33.0 Å². The molecule has 0 radical (unpaired) electrons. The van der Waals surface area contributed by atoms with E-state index in [0.717, 1.165) is 9.32 Å². The van der Waals surface area contributed by atoms with E-state index in [-0.39, 0.29) is 18.0 Å². The van der Waals surface area contributed by atoms with Gasteiger partial charge in [-0.25, -0.2) is 0 Å². The Hall–Kier alpha value is -1.57. The molecule has 1 heterocycles. The number of carbonyl (C=O) groups is 1. The molecule has 0 fully saturated rings. The molecule has 5 nitrogen and oxygen atoms in total. The summed E-state index contributed by atoms with van der Waals surface area (Å²) in [6.45, 7) is 5.66. The van der Waals surface area contributed by atoms with Crippen molar-refractivity contribution >= 4 is 28.5 Å². The SMILES string of the molecule is CC(C)NC(=O)C(C)n1cc(Oc2ccc(I)cc2)cn1. The van der Waals surface area contributed by atoms with E-state index in [1.54, 1.807) is 24.0 Å². The topological polar surface area (TPSA) is 56.2 Å². The Balaban J connectivity index is 2.04. The first-order valence-corrected chi connectivity index (χ1v) is 7.81. The summed E-state index contributed by atoms with van der Waals surface area (Å²) in [6, 6.07) is 7.47. The summed E-state index contributed by atoms with van der Waals surface area (Å²) in [7, 11) is 0. The molecule has 112 valence electrons. The van der Waals surface area contributed by atoms with Crippen LogP contribution in [-0.4, -0.2) is 21.7 Å². The average molecular weight is 399 g/mol. The lowest BCUT2D eigenvalue weighted by molar-refractivity contribution is -0.124. The van der Waals surface area contributed by atoms with E-state index in [0.29, 0.717) is 5.75 Å². The minimum absolute atomic E-state index is 0.0612. The zero-order valence-corrected chi connectivity index (χ0v) is 14.4. The van der Waals surface area contributed by atoms with Gasteiger partial charge in [0.25, 0.3) is 0 Å². The molecule has 1 amide bonds. The lowest BCUT2D eigenvalue weighted by Gasteiger charge is -2.14. The molecule has 0 spiro atoms. The minimum Gasteiger partial charge on any atom is -0.454 e. The summed E-state index contributed by atoms with van der Waals surface area (Å²) in [5, 5.41) is 7.05. The number of amides is 1. The molecule has 6 heteroatoms. The van der Waals surface area contributed by atoms with Crippen LogP contribution in [0, 0.1) is 3.57 Å². The molecule has 0 saturated carbocycles. The molecule has 2 aromatic rings. The first-order valence-electron chi connectivity index (χ1n) is 6.73. The van der Waals surface area contributed by atoms with Gasteiger partial charge in [0.15, 0.2) is 5.75 Å². The van der Waals surface area contributed by atoms with Crippen molar-refractivity contribution in [2.24, 2.45) is 0 Å². The highest BCUT2D eigenvalue weighted by molar-refractivity contribution is 14.1. The lowest BCUT2D eigenvalue weighted by atomic mass is 10.3. The van der Waals surface area contributed by atoms with Crippen LogP contribution in [0.25, 0.3) is 0 Å². The van der Waals surface area contributed by atoms with Gasteiger partial charge >= 0.3 is 0 Å². The number of hydrogen-bond acceptors (Lipinski definition) is 3. The molecule has 2 rings (SSSR count). The third-order valence-corrected chi connectivity index (χ3v) is 3.55. The quantitative estimate of drug-likeness (QED) is 0.785. The Morgan fingerprint density at radius 2 is 1.90 bits per heavy atom. The van der Waals surface area contributed by atoms with Gasteiger partial charge in [0, 0.05) is 9.61 Å². The minimum atomic E-state index is -0.374. The maximum atomic E-state index is 11.9. The van der Waals surface area contributed by atoms with Crippen LogP contribution in [0.15, 0.2) is 36.7 Å². The number of rotatable bonds is 5. The van der Waals surface area contributed by atoms with Crippen LogP contribution in [0.1, 0.15) is 26.8 Å². The second-order valence-corrected chi connectivity index (χ2v) is 6.30. The highest BCUT2D eigenvalue weighted by Crippen LogP contribution is 2.22. The first kappa shape index (κ1) is 15.8. The lowest BCUT2D eigenvalue weighted by Crippen LogP contribution is -2.35. The van der Waals surface area contributed by atoms with Crippen molar-refractivity contribution in [2.45, 2.75) is 32.9 Å². The molecule has 0 aliphatic heterocycles. The van der Waals surface area contributed by atoms with Gasteiger partial charge in [0.05, 0.1) is 12.4 Å². The molecule has 0 aliphatic rings. The summed E-state index contributed by atoms with van der Waals surface area (Å²) in [6.07, 6.45) is 3.33. The van der Waals surface area contributed by atoms with Gasteiger partial charge in [0.2, 0.25) is 5.91 Å². The van der Waals surface area contributed by atoms with Crippen molar-refractivity contribution in [1.29, 1.82) is 0 Å². The first-order chi connectivity index (χ1) is 9.95. The van der Waals surface area contributed by atoms with E-state index in [9.17, 15) is 4.79 Å². The highest BCUT2D eigenvalue weighted by atomic mass is 127. The standard InChI is InChI=1S/C15H18IN3O2/c1-10(2)18-15(20)11(3)19-9-14(8-17-19)21-13-6-4-12(16)5-7-13/h4-11H,1-3H3,(H,18,20). The maximum absolute atomic E-state index is 11.9. The number of carbonyl (C=O) groups excluding carboxylic acids is 1. The molecular weight excluding hydrogens is 381 g/mol. The number of aromatic nitrogens is 2. The van der Waals surface area contributed by atoms with Gasteiger partial charge < -0.3 is 10.1 Å². The Kier molecular flexibility index (Phi) is 5.22. The largest absolute Gasteiger partial charge is 0.454 e. The molecule has 0 saturated heterocycles.